The third kappa shape index (κ3) is 6.20. The summed E-state index contributed by atoms with van der Waals surface area (Å²) in [5.41, 5.74) is -0.116. The van der Waals surface area contributed by atoms with Crippen molar-refractivity contribution in [2.45, 2.75) is 96.8 Å². The number of methoxy groups -OCH3 is 1. The summed E-state index contributed by atoms with van der Waals surface area (Å²) in [6.07, 6.45) is 0.205. The van der Waals surface area contributed by atoms with E-state index >= 15 is 0 Å². The SMILES string of the molecule is COc1ccc(CO[C@H](C)[C@@H](C)[C@H](O[Si](C)(C)C(C)(C)C)[C@@]2(C=O)COC(C)(C)O2)cc1. The van der Waals surface area contributed by atoms with E-state index in [1.165, 1.54) is 0 Å². The largest absolute Gasteiger partial charge is 0.497 e. The highest BCUT2D eigenvalue weighted by Gasteiger charge is 2.56. The molecule has 1 heterocycles. The van der Waals surface area contributed by atoms with Gasteiger partial charge in [0.05, 0.1) is 32.5 Å². The molecule has 1 aromatic rings. The van der Waals surface area contributed by atoms with Gasteiger partial charge in [0.25, 0.3) is 0 Å². The number of ether oxygens (including phenoxy) is 4. The van der Waals surface area contributed by atoms with E-state index in [9.17, 15) is 4.79 Å². The van der Waals surface area contributed by atoms with Crippen LogP contribution in [0.25, 0.3) is 0 Å². The van der Waals surface area contributed by atoms with Gasteiger partial charge in [0.15, 0.2) is 26.0 Å². The van der Waals surface area contributed by atoms with Crippen LogP contribution in [0.2, 0.25) is 18.1 Å². The van der Waals surface area contributed by atoms with Gasteiger partial charge >= 0.3 is 0 Å². The van der Waals surface area contributed by atoms with E-state index in [0.29, 0.717) is 6.61 Å². The van der Waals surface area contributed by atoms with Crippen LogP contribution in [0.5, 0.6) is 5.75 Å². The van der Waals surface area contributed by atoms with Gasteiger partial charge in [-0.1, -0.05) is 39.8 Å². The molecule has 0 unspecified atom stereocenters. The molecule has 4 atom stereocenters. The Balaban J connectivity index is 2.25. The highest BCUT2D eigenvalue weighted by molar-refractivity contribution is 6.74. The Hall–Kier alpha value is -1.25. The van der Waals surface area contributed by atoms with Gasteiger partial charge in [0.2, 0.25) is 0 Å². The summed E-state index contributed by atoms with van der Waals surface area (Å²) in [4.78, 5) is 12.4. The second-order valence-electron chi connectivity index (χ2n) is 10.9. The van der Waals surface area contributed by atoms with Gasteiger partial charge in [0.1, 0.15) is 5.75 Å². The van der Waals surface area contributed by atoms with Crippen molar-refractivity contribution in [3.8, 4) is 5.75 Å². The third-order valence-corrected chi connectivity index (χ3v) is 11.3. The highest BCUT2D eigenvalue weighted by atomic mass is 28.4. The molecular weight excluding hydrogens is 424 g/mol. The molecule has 1 aromatic carbocycles. The molecule has 1 aliphatic heterocycles. The smallest absolute Gasteiger partial charge is 0.192 e. The van der Waals surface area contributed by atoms with Crippen LogP contribution in [-0.4, -0.2) is 51.9 Å². The first-order valence-electron chi connectivity index (χ1n) is 11.4. The zero-order valence-corrected chi connectivity index (χ0v) is 22.5. The van der Waals surface area contributed by atoms with E-state index in [1.807, 2.05) is 45.0 Å². The number of benzene rings is 1. The van der Waals surface area contributed by atoms with Crippen LogP contribution in [0.1, 0.15) is 54.0 Å². The molecule has 0 N–H and O–H groups in total. The van der Waals surface area contributed by atoms with Gasteiger partial charge in [0, 0.05) is 5.92 Å². The molecule has 182 valence electrons. The number of aldehydes is 1. The van der Waals surface area contributed by atoms with Crippen molar-refractivity contribution >= 4 is 14.6 Å². The molecular formula is C25H42O6Si. The summed E-state index contributed by atoms with van der Waals surface area (Å²) in [5, 5.41) is -0.0167. The van der Waals surface area contributed by atoms with Crippen molar-refractivity contribution in [2.24, 2.45) is 5.92 Å². The summed E-state index contributed by atoms with van der Waals surface area (Å²) in [6, 6.07) is 7.82. The standard InChI is InChI=1S/C25H42O6Si/c1-18(19(2)28-15-20-11-13-21(27-8)14-12-20)22(30-32(9,10)23(3,4)5)25(16-26)17-29-24(6,7)31-25/h11-14,16,18-19,22H,15,17H2,1-10H3/t18-,19-,22+,25-/m1/s1. The second-order valence-corrected chi connectivity index (χ2v) is 15.6. The molecule has 1 saturated heterocycles. The molecule has 2 rings (SSSR count). The van der Waals surface area contributed by atoms with Crippen LogP contribution < -0.4 is 4.74 Å². The van der Waals surface area contributed by atoms with Gasteiger partial charge in [-0.2, -0.15) is 0 Å². The molecule has 0 saturated carbocycles. The minimum absolute atomic E-state index is 0.0167. The third-order valence-electron chi connectivity index (χ3n) is 6.88. The lowest BCUT2D eigenvalue weighted by Crippen LogP contribution is -2.59. The lowest BCUT2D eigenvalue weighted by atomic mass is 9.86. The van der Waals surface area contributed by atoms with Gasteiger partial charge < -0.3 is 23.4 Å². The van der Waals surface area contributed by atoms with E-state index in [-0.39, 0.29) is 23.7 Å². The molecule has 0 spiro atoms. The molecule has 0 radical (unpaired) electrons. The van der Waals surface area contributed by atoms with E-state index in [1.54, 1.807) is 7.11 Å². The molecule has 0 amide bonds. The van der Waals surface area contributed by atoms with Crippen molar-refractivity contribution < 1.29 is 28.2 Å². The molecule has 0 aliphatic carbocycles. The topological polar surface area (TPSA) is 63.2 Å². The van der Waals surface area contributed by atoms with Crippen LogP contribution in [0.3, 0.4) is 0 Å². The molecule has 0 aromatic heterocycles. The fraction of sp³-hybridized carbons (Fsp3) is 0.720. The van der Waals surface area contributed by atoms with Crippen LogP contribution in [0.15, 0.2) is 24.3 Å². The average Bonchev–Trinajstić information content (AvgIpc) is 3.05. The summed E-state index contributed by atoms with van der Waals surface area (Å²) in [6.45, 7) is 19.3. The summed E-state index contributed by atoms with van der Waals surface area (Å²) in [5.74, 6) is -0.139. The zero-order chi connectivity index (χ0) is 24.4. The first kappa shape index (κ1) is 27.0. The van der Waals surface area contributed by atoms with E-state index < -0.39 is 25.8 Å². The monoisotopic (exact) mass is 466 g/mol. The van der Waals surface area contributed by atoms with Crippen LogP contribution in [0, 0.1) is 5.92 Å². The first-order chi connectivity index (χ1) is 14.7. The Morgan fingerprint density at radius 3 is 2.19 bits per heavy atom. The van der Waals surface area contributed by atoms with Gasteiger partial charge in [-0.15, -0.1) is 0 Å². The maximum Gasteiger partial charge on any atom is 0.192 e. The molecule has 7 heteroatoms. The minimum atomic E-state index is -2.22. The lowest BCUT2D eigenvalue weighted by Gasteiger charge is -2.46. The maximum atomic E-state index is 12.4. The van der Waals surface area contributed by atoms with Crippen LogP contribution >= 0.6 is 0 Å². The normalized spacial score (nSPS) is 24.1. The number of rotatable bonds is 10. The Morgan fingerprint density at radius 2 is 1.75 bits per heavy atom. The predicted molar refractivity (Wildman–Crippen MR) is 128 cm³/mol. The van der Waals surface area contributed by atoms with Gasteiger partial charge in [-0.25, -0.2) is 0 Å². The number of hydrogen-bond donors (Lipinski definition) is 0. The Morgan fingerprint density at radius 1 is 1.16 bits per heavy atom. The minimum Gasteiger partial charge on any atom is -0.497 e. The molecule has 0 bridgehead atoms. The summed E-state index contributed by atoms with van der Waals surface area (Å²) < 4.78 is 30.3. The predicted octanol–water partition coefficient (Wildman–Crippen LogP) is 5.35. The summed E-state index contributed by atoms with van der Waals surface area (Å²) in [7, 11) is -0.566. The van der Waals surface area contributed by atoms with Crippen molar-refractivity contribution in [2.75, 3.05) is 13.7 Å². The second kappa shape index (κ2) is 9.93. The molecule has 6 nitrogen and oxygen atoms in total. The quantitative estimate of drug-likeness (QED) is 0.342. The van der Waals surface area contributed by atoms with E-state index in [0.717, 1.165) is 17.6 Å². The molecule has 32 heavy (non-hydrogen) atoms. The van der Waals surface area contributed by atoms with Crippen LogP contribution in [-0.2, 0) is 30.0 Å². The Kier molecular flexibility index (Phi) is 8.38. The van der Waals surface area contributed by atoms with Crippen molar-refractivity contribution in [3.05, 3.63) is 29.8 Å². The maximum absolute atomic E-state index is 12.4. The average molecular weight is 467 g/mol. The Bertz CT molecular complexity index is 755. The first-order valence-corrected chi connectivity index (χ1v) is 14.3. The van der Waals surface area contributed by atoms with Gasteiger partial charge in [-0.3, -0.25) is 4.79 Å². The van der Waals surface area contributed by atoms with Crippen molar-refractivity contribution in [1.82, 2.24) is 0 Å². The number of hydrogen-bond acceptors (Lipinski definition) is 6. The fourth-order valence-corrected chi connectivity index (χ4v) is 4.96. The van der Waals surface area contributed by atoms with Gasteiger partial charge in [-0.05, 0) is 56.6 Å². The number of carbonyl (C=O) groups is 1. The van der Waals surface area contributed by atoms with Crippen molar-refractivity contribution in [3.63, 3.8) is 0 Å². The number of carbonyl (C=O) groups excluding carboxylic acids is 1. The zero-order valence-electron chi connectivity index (χ0n) is 21.5. The molecule has 1 fully saturated rings. The highest BCUT2D eigenvalue weighted by Crippen LogP contribution is 2.43. The van der Waals surface area contributed by atoms with E-state index in [4.69, 9.17) is 23.4 Å². The Labute approximate surface area is 195 Å². The fourth-order valence-electron chi connectivity index (χ4n) is 3.56. The molecule has 1 aliphatic rings. The van der Waals surface area contributed by atoms with Crippen molar-refractivity contribution in [1.29, 1.82) is 0 Å². The summed E-state index contributed by atoms with van der Waals surface area (Å²) >= 11 is 0. The van der Waals surface area contributed by atoms with Crippen LogP contribution in [0.4, 0.5) is 0 Å². The van der Waals surface area contributed by atoms with E-state index in [2.05, 4.69) is 40.8 Å². The lowest BCUT2D eigenvalue weighted by molar-refractivity contribution is -0.191.